The first-order valence-corrected chi connectivity index (χ1v) is 6.28. The molecule has 0 spiro atoms. The summed E-state index contributed by atoms with van der Waals surface area (Å²) in [6.07, 6.45) is 3.33. The quantitative estimate of drug-likeness (QED) is 0.766. The van der Waals surface area contributed by atoms with Gasteiger partial charge in [0, 0.05) is 12.1 Å². The van der Waals surface area contributed by atoms with Crippen LogP contribution in [0.1, 0.15) is 5.56 Å². The molecule has 1 heterocycles. The minimum absolute atomic E-state index is 0.320. The van der Waals surface area contributed by atoms with Crippen molar-refractivity contribution in [3.63, 3.8) is 0 Å². The van der Waals surface area contributed by atoms with Crippen molar-refractivity contribution in [2.75, 3.05) is 7.05 Å². The van der Waals surface area contributed by atoms with Crippen LogP contribution in [-0.2, 0) is 0 Å². The molecular weight excluding hydrogens is 248 g/mol. The maximum atomic E-state index is 9.16. The summed E-state index contributed by atoms with van der Waals surface area (Å²) in [6, 6.07) is 17.9. The molecule has 0 saturated heterocycles. The predicted molar refractivity (Wildman–Crippen MR) is 81.3 cm³/mol. The lowest BCUT2D eigenvalue weighted by Gasteiger charge is -2.18. The summed E-state index contributed by atoms with van der Waals surface area (Å²) in [7, 11) is 1.96. The first kappa shape index (κ1) is 12.3. The standard InChI is InChI=1S/C16H13N4/c1-20(12-18-11-19-20)15-8-6-13(7-9-15)16-5-3-2-4-14(16)10-17/h2-9,11-12H,1H3/q+1. The van der Waals surface area contributed by atoms with Gasteiger partial charge in [0.05, 0.1) is 11.6 Å². The monoisotopic (exact) mass is 261 g/mol. The Morgan fingerprint density at radius 1 is 1.05 bits per heavy atom. The first-order chi connectivity index (χ1) is 9.73. The van der Waals surface area contributed by atoms with Gasteiger partial charge in [-0.2, -0.15) is 10.3 Å². The third kappa shape index (κ3) is 2.00. The maximum Gasteiger partial charge on any atom is 0.223 e. The molecule has 2 aromatic rings. The number of hydrogen-bond donors (Lipinski definition) is 0. The van der Waals surface area contributed by atoms with Crippen molar-refractivity contribution in [2.45, 2.75) is 0 Å². The molecule has 0 amide bonds. The van der Waals surface area contributed by atoms with E-state index in [1.807, 2.05) is 55.6 Å². The van der Waals surface area contributed by atoms with E-state index in [0.717, 1.165) is 16.8 Å². The van der Waals surface area contributed by atoms with Crippen molar-refractivity contribution in [1.82, 2.24) is 4.59 Å². The van der Waals surface area contributed by atoms with Crippen molar-refractivity contribution in [3.8, 4) is 17.2 Å². The first-order valence-electron chi connectivity index (χ1n) is 6.28. The average Bonchev–Trinajstić information content (AvgIpc) is 2.95. The molecule has 1 atom stereocenters. The highest BCUT2D eigenvalue weighted by Crippen LogP contribution is 2.28. The molecule has 0 bridgehead atoms. The zero-order valence-electron chi connectivity index (χ0n) is 11.1. The van der Waals surface area contributed by atoms with Crippen molar-refractivity contribution < 1.29 is 0 Å². The van der Waals surface area contributed by atoms with Crippen LogP contribution in [0.4, 0.5) is 5.69 Å². The van der Waals surface area contributed by atoms with Crippen molar-refractivity contribution in [3.05, 3.63) is 54.1 Å². The molecule has 4 heteroatoms. The highest BCUT2D eigenvalue weighted by Gasteiger charge is 2.25. The third-order valence-corrected chi connectivity index (χ3v) is 3.40. The van der Waals surface area contributed by atoms with Gasteiger partial charge < -0.3 is 0 Å². The van der Waals surface area contributed by atoms with E-state index in [1.165, 1.54) is 0 Å². The Kier molecular flexibility index (Phi) is 2.90. The van der Waals surface area contributed by atoms with E-state index in [9.17, 15) is 0 Å². The number of aliphatic imine (C=N–C) groups is 1. The minimum Gasteiger partial charge on any atom is -0.192 e. The Labute approximate surface area is 117 Å². The molecule has 1 aliphatic heterocycles. The van der Waals surface area contributed by atoms with E-state index in [2.05, 4.69) is 16.2 Å². The van der Waals surface area contributed by atoms with E-state index < -0.39 is 0 Å². The Hall–Kier alpha value is -2.77. The van der Waals surface area contributed by atoms with Gasteiger partial charge in [0.1, 0.15) is 7.05 Å². The van der Waals surface area contributed by atoms with Crippen molar-refractivity contribution in [1.29, 1.82) is 5.26 Å². The lowest BCUT2D eigenvalue weighted by Crippen LogP contribution is -2.34. The van der Waals surface area contributed by atoms with Crippen LogP contribution in [0.15, 0.2) is 58.6 Å². The Morgan fingerprint density at radius 2 is 1.80 bits per heavy atom. The van der Waals surface area contributed by atoms with Crippen LogP contribution in [0.2, 0.25) is 0 Å². The van der Waals surface area contributed by atoms with E-state index in [4.69, 9.17) is 5.26 Å². The van der Waals surface area contributed by atoms with Gasteiger partial charge in [0.25, 0.3) is 0 Å². The summed E-state index contributed by atoms with van der Waals surface area (Å²) >= 11 is 0. The summed E-state index contributed by atoms with van der Waals surface area (Å²) in [5, 5.41) is 13.5. The number of quaternary nitrogens is 1. The molecule has 20 heavy (non-hydrogen) atoms. The summed E-state index contributed by atoms with van der Waals surface area (Å²) in [4.78, 5) is 4.03. The van der Waals surface area contributed by atoms with Crippen LogP contribution in [0.5, 0.6) is 0 Å². The van der Waals surface area contributed by atoms with E-state index in [-0.39, 0.29) is 0 Å². The Bertz CT molecular complexity index is 724. The van der Waals surface area contributed by atoms with Crippen LogP contribution in [0, 0.1) is 11.3 Å². The van der Waals surface area contributed by atoms with Gasteiger partial charge in [0.15, 0.2) is 12.0 Å². The lowest BCUT2D eigenvalue weighted by molar-refractivity contribution is 0.552. The van der Waals surface area contributed by atoms with Crippen molar-refractivity contribution >= 4 is 18.4 Å². The fraction of sp³-hybridized carbons (Fsp3) is 0.0625. The largest absolute Gasteiger partial charge is 0.223 e. The molecule has 0 fully saturated rings. The molecule has 0 N–H and O–H groups in total. The fourth-order valence-electron chi connectivity index (χ4n) is 2.23. The molecule has 0 aromatic heterocycles. The Morgan fingerprint density at radius 3 is 2.45 bits per heavy atom. The lowest BCUT2D eigenvalue weighted by atomic mass is 10.0. The van der Waals surface area contributed by atoms with Crippen LogP contribution in [0.3, 0.4) is 0 Å². The number of benzene rings is 2. The smallest absolute Gasteiger partial charge is 0.192 e. The molecule has 0 saturated carbocycles. The van der Waals surface area contributed by atoms with Gasteiger partial charge in [-0.05, 0) is 29.3 Å². The molecule has 0 radical (unpaired) electrons. The van der Waals surface area contributed by atoms with E-state index >= 15 is 0 Å². The number of nitriles is 1. The van der Waals surface area contributed by atoms with Crippen LogP contribution >= 0.6 is 0 Å². The zero-order valence-corrected chi connectivity index (χ0v) is 11.1. The van der Waals surface area contributed by atoms with Gasteiger partial charge in [-0.25, -0.2) is 0 Å². The second kappa shape index (κ2) is 4.72. The number of rotatable bonds is 2. The average molecular weight is 261 g/mol. The predicted octanol–water partition coefficient (Wildman–Crippen LogP) is 3.15. The minimum atomic E-state index is 0.320. The number of nitrogens with zero attached hydrogens (tertiary/aromatic N) is 4. The molecule has 1 aliphatic rings. The van der Waals surface area contributed by atoms with Gasteiger partial charge in [-0.15, -0.1) is 4.59 Å². The van der Waals surface area contributed by atoms with Crippen LogP contribution < -0.4 is 4.59 Å². The summed E-state index contributed by atoms with van der Waals surface area (Å²) in [5.41, 5.74) is 3.68. The topological polar surface area (TPSA) is 48.5 Å². The van der Waals surface area contributed by atoms with Gasteiger partial charge in [-0.3, -0.25) is 0 Å². The molecule has 1 unspecified atom stereocenters. The second-order valence-electron chi connectivity index (χ2n) is 4.73. The SMILES string of the molecule is C[N+]1(c2ccc(-c3ccccc3C#N)cc2)C=NC=N1. The highest BCUT2D eigenvalue weighted by molar-refractivity contribution is 5.85. The number of hydrogen-bond acceptors (Lipinski definition) is 3. The summed E-state index contributed by atoms with van der Waals surface area (Å²) in [6.45, 7) is 0. The zero-order chi connectivity index (χ0) is 14.0. The Balaban J connectivity index is 2.00. The van der Waals surface area contributed by atoms with Gasteiger partial charge >= 0.3 is 0 Å². The van der Waals surface area contributed by atoms with E-state index in [0.29, 0.717) is 10.2 Å². The van der Waals surface area contributed by atoms with Crippen LogP contribution in [-0.4, -0.2) is 19.7 Å². The normalized spacial score (nSPS) is 20.0. The van der Waals surface area contributed by atoms with Crippen LogP contribution in [0.25, 0.3) is 11.1 Å². The van der Waals surface area contributed by atoms with Gasteiger partial charge in [0.2, 0.25) is 6.34 Å². The van der Waals surface area contributed by atoms with E-state index in [1.54, 1.807) is 12.7 Å². The summed E-state index contributed by atoms with van der Waals surface area (Å²) in [5.74, 6) is 0. The van der Waals surface area contributed by atoms with Crippen molar-refractivity contribution in [2.24, 2.45) is 10.1 Å². The molecule has 3 rings (SSSR count). The fourth-order valence-corrected chi connectivity index (χ4v) is 2.23. The third-order valence-electron chi connectivity index (χ3n) is 3.40. The van der Waals surface area contributed by atoms with Gasteiger partial charge in [-0.1, -0.05) is 23.3 Å². The highest BCUT2D eigenvalue weighted by atomic mass is 15.6. The second-order valence-corrected chi connectivity index (χ2v) is 4.73. The molecule has 0 aliphatic carbocycles. The molecule has 2 aromatic carbocycles. The molecule has 96 valence electrons. The summed E-state index contributed by atoms with van der Waals surface area (Å²) < 4.78 is 0.320. The maximum absolute atomic E-state index is 9.16. The molecular formula is C16H13N4+. The molecule has 4 nitrogen and oxygen atoms in total.